The van der Waals surface area contributed by atoms with Crippen molar-refractivity contribution >= 4 is 28.6 Å². The van der Waals surface area contributed by atoms with Gasteiger partial charge in [0.1, 0.15) is 11.6 Å². The number of carbonyl (C=O) groups excluding carboxylic acids is 2. The molecule has 2 aromatic carbocycles. The molecule has 3 aliphatic rings. The minimum Gasteiger partial charge on any atom is -0.497 e. The average Bonchev–Trinajstić information content (AvgIpc) is 3.04. The maximum atomic E-state index is 14.2. The highest BCUT2D eigenvalue weighted by Gasteiger charge is 2.47. The van der Waals surface area contributed by atoms with E-state index in [9.17, 15) is 14.0 Å². The van der Waals surface area contributed by atoms with Crippen molar-refractivity contribution in [1.29, 1.82) is 0 Å². The predicted molar refractivity (Wildman–Crippen MR) is 122 cm³/mol. The Morgan fingerprint density at radius 1 is 1.03 bits per heavy atom. The van der Waals surface area contributed by atoms with Crippen LogP contribution in [-0.2, 0) is 4.79 Å². The van der Waals surface area contributed by atoms with E-state index in [1.54, 1.807) is 24.1 Å². The van der Waals surface area contributed by atoms with Gasteiger partial charge in [-0.2, -0.15) is 0 Å². The Balaban J connectivity index is 1.42. The Morgan fingerprint density at radius 3 is 2.41 bits per heavy atom. The molecule has 0 spiro atoms. The second-order valence-corrected chi connectivity index (χ2v) is 9.08. The highest BCUT2D eigenvalue weighted by atomic mass is 19.1. The SMILES string of the molecule is COc1cc2c3c(c1)C(CN1CCN(c4ccccc4F)CC1)=CC(C)(C)N3C(=O)C2=O. The van der Waals surface area contributed by atoms with Crippen LogP contribution in [-0.4, -0.2) is 62.0 Å². The second kappa shape index (κ2) is 7.45. The number of carbonyl (C=O) groups is 2. The van der Waals surface area contributed by atoms with Crippen LogP contribution >= 0.6 is 0 Å². The van der Waals surface area contributed by atoms with E-state index in [0.29, 0.717) is 29.2 Å². The number of nitrogens with zero attached hydrogens (tertiary/aromatic N) is 3. The van der Waals surface area contributed by atoms with Crippen molar-refractivity contribution in [3.8, 4) is 5.75 Å². The number of amides is 1. The van der Waals surface area contributed by atoms with Crippen LogP contribution in [0.4, 0.5) is 15.8 Å². The molecule has 0 aromatic heterocycles. The molecular formula is C25H26FN3O3. The molecule has 7 heteroatoms. The number of ether oxygens (including phenoxy) is 1. The van der Waals surface area contributed by atoms with E-state index in [1.165, 1.54) is 6.07 Å². The Morgan fingerprint density at radius 2 is 1.72 bits per heavy atom. The maximum Gasteiger partial charge on any atom is 0.300 e. The first kappa shape index (κ1) is 20.7. The monoisotopic (exact) mass is 435 g/mol. The molecule has 6 nitrogen and oxygen atoms in total. The van der Waals surface area contributed by atoms with Gasteiger partial charge in [-0.1, -0.05) is 18.2 Å². The van der Waals surface area contributed by atoms with Crippen LogP contribution in [0.1, 0.15) is 29.8 Å². The summed E-state index contributed by atoms with van der Waals surface area (Å²) in [4.78, 5) is 31.4. The predicted octanol–water partition coefficient (Wildman–Crippen LogP) is 3.36. The van der Waals surface area contributed by atoms with E-state index in [2.05, 4.69) is 15.9 Å². The summed E-state index contributed by atoms with van der Waals surface area (Å²) in [6, 6.07) is 10.4. The molecular weight excluding hydrogens is 409 g/mol. The van der Waals surface area contributed by atoms with Gasteiger partial charge in [0.15, 0.2) is 0 Å². The number of Topliss-reactive ketones (excluding diaryl/α,β-unsaturated/α-hetero) is 1. The highest BCUT2D eigenvalue weighted by molar-refractivity contribution is 6.53. The summed E-state index contributed by atoms with van der Waals surface area (Å²) in [7, 11) is 1.56. The normalized spacial score (nSPS) is 19.8. The molecule has 2 aromatic rings. The third-order valence-electron chi connectivity index (χ3n) is 6.59. The van der Waals surface area contributed by atoms with Crippen molar-refractivity contribution in [2.24, 2.45) is 0 Å². The largest absolute Gasteiger partial charge is 0.497 e. The third kappa shape index (κ3) is 3.19. The molecule has 0 radical (unpaired) electrons. The molecule has 1 amide bonds. The van der Waals surface area contributed by atoms with E-state index in [4.69, 9.17) is 4.74 Å². The Bertz CT molecular complexity index is 1150. The van der Waals surface area contributed by atoms with Gasteiger partial charge >= 0.3 is 0 Å². The number of ketones is 1. The first-order valence-electron chi connectivity index (χ1n) is 10.8. The molecule has 32 heavy (non-hydrogen) atoms. The Labute approximate surface area is 186 Å². The summed E-state index contributed by atoms with van der Waals surface area (Å²) < 4.78 is 19.6. The average molecular weight is 435 g/mol. The van der Waals surface area contributed by atoms with Crippen molar-refractivity contribution in [2.45, 2.75) is 19.4 Å². The third-order valence-corrected chi connectivity index (χ3v) is 6.59. The van der Waals surface area contributed by atoms with Gasteiger partial charge in [0, 0.05) is 38.3 Å². The van der Waals surface area contributed by atoms with Crippen molar-refractivity contribution in [3.63, 3.8) is 0 Å². The summed E-state index contributed by atoms with van der Waals surface area (Å²) in [6.07, 6.45) is 2.08. The molecule has 166 valence electrons. The van der Waals surface area contributed by atoms with Crippen LogP contribution in [0.3, 0.4) is 0 Å². The van der Waals surface area contributed by atoms with E-state index in [-0.39, 0.29) is 5.82 Å². The van der Waals surface area contributed by atoms with E-state index in [0.717, 1.165) is 37.3 Å². The lowest BCUT2D eigenvalue weighted by Gasteiger charge is -2.41. The summed E-state index contributed by atoms with van der Waals surface area (Å²) in [6.45, 7) is 7.64. The topological polar surface area (TPSA) is 53.1 Å². The Kier molecular flexibility index (Phi) is 4.82. The molecule has 1 saturated heterocycles. The first-order chi connectivity index (χ1) is 15.3. The van der Waals surface area contributed by atoms with Crippen molar-refractivity contribution in [1.82, 2.24) is 4.90 Å². The molecule has 0 aliphatic carbocycles. The fourth-order valence-electron chi connectivity index (χ4n) is 5.05. The first-order valence-corrected chi connectivity index (χ1v) is 10.8. The Hall–Kier alpha value is -3.19. The smallest absolute Gasteiger partial charge is 0.300 e. The summed E-state index contributed by atoms with van der Waals surface area (Å²) in [5.74, 6) is -0.606. The number of halogens is 1. The van der Waals surface area contributed by atoms with Crippen LogP contribution in [0.15, 0.2) is 42.5 Å². The number of anilines is 2. The highest BCUT2D eigenvalue weighted by Crippen LogP contribution is 2.47. The van der Waals surface area contributed by atoms with Crippen molar-refractivity contribution in [3.05, 3.63) is 59.4 Å². The molecule has 0 N–H and O–H groups in total. The van der Waals surface area contributed by atoms with Crippen molar-refractivity contribution in [2.75, 3.05) is 49.6 Å². The van der Waals surface area contributed by atoms with Crippen LogP contribution < -0.4 is 14.5 Å². The van der Waals surface area contributed by atoms with Gasteiger partial charge in [-0.05, 0) is 43.7 Å². The minimum atomic E-state index is -0.607. The second-order valence-electron chi connectivity index (χ2n) is 9.08. The lowest BCUT2D eigenvalue weighted by Crippen LogP contribution is -2.50. The molecule has 5 rings (SSSR count). The molecule has 1 fully saturated rings. The van der Waals surface area contributed by atoms with Crippen LogP contribution in [0.5, 0.6) is 5.75 Å². The van der Waals surface area contributed by atoms with Crippen LogP contribution in [0.2, 0.25) is 0 Å². The van der Waals surface area contributed by atoms with Gasteiger partial charge in [0.25, 0.3) is 11.7 Å². The number of hydrogen-bond acceptors (Lipinski definition) is 5. The van der Waals surface area contributed by atoms with Gasteiger partial charge in [0.2, 0.25) is 0 Å². The zero-order valence-corrected chi connectivity index (χ0v) is 18.5. The number of methoxy groups -OCH3 is 1. The van der Waals surface area contributed by atoms with Gasteiger partial charge in [0.05, 0.1) is 29.6 Å². The quantitative estimate of drug-likeness (QED) is 0.690. The van der Waals surface area contributed by atoms with Crippen molar-refractivity contribution < 1.29 is 18.7 Å². The fraction of sp³-hybridized carbons (Fsp3) is 0.360. The minimum absolute atomic E-state index is 0.195. The molecule has 3 heterocycles. The van der Waals surface area contributed by atoms with E-state index < -0.39 is 17.2 Å². The van der Waals surface area contributed by atoms with Crippen LogP contribution in [0, 0.1) is 5.82 Å². The zero-order chi connectivity index (χ0) is 22.6. The lowest BCUT2D eigenvalue weighted by molar-refractivity contribution is -0.115. The molecule has 3 aliphatic heterocycles. The van der Waals surface area contributed by atoms with Gasteiger partial charge in [-0.3, -0.25) is 19.4 Å². The standard InChI is InChI=1S/C25H26FN3O3/c1-25(2)14-16(15-27-8-10-28(11-9-27)21-7-5-4-6-20(21)26)18-12-17(32-3)13-19-22(18)29(25)24(31)23(19)30/h4-7,12-14H,8-11,15H2,1-3H3. The summed E-state index contributed by atoms with van der Waals surface area (Å²) >= 11 is 0. The van der Waals surface area contributed by atoms with Gasteiger partial charge in [-0.25, -0.2) is 4.39 Å². The number of para-hydroxylation sites is 1. The lowest BCUT2D eigenvalue weighted by atomic mass is 9.87. The molecule has 0 bridgehead atoms. The zero-order valence-electron chi connectivity index (χ0n) is 18.5. The fourth-order valence-corrected chi connectivity index (χ4v) is 5.05. The number of hydrogen-bond donors (Lipinski definition) is 0. The van der Waals surface area contributed by atoms with Crippen LogP contribution in [0.25, 0.3) is 5.57 Å². The van der Waals surface area contributed by atoms with Gasteiger partial charge in [-0.15, -0.1) is 0 Å². The number of rotatable bonds is 4. The molecule has 0 unspecified atom stereocenters. The maximum absolute atomic E-state index is 14.2. The number of piperazine rings is 1. The molecule has 0 saturated carbocycles. The van der Waals surface area contributed by atoms with E-state index >= 15 is 0 Å². The summed E-state index contributed by atoms with van der Waals surface area (Å²) in [5, 5.41) is 0. The van der Waals surface area contributed by atoms with E-state index in [1.807, 2.05) is 32.0 Å². The number of benzene rings is 2. The summed E-state index contributed by atoms with van der Waals surface area (Å²) in [5.41, 5.74) is 3.07. The van der Waals surface area contributed by atoms with Gasteiger partial charge < -0.3 is 9.64 Å². The molecule has 0 atom stereocenters.